The first-order valence-corrected chi connectivity index (χ1v) is 9.42. The number of ether oxygens (including phenoxy) is 1. The quantitative estimate of drug-likeness (QED) is 0.411. The van der Waals surface area contributed by atoms with Crippen molar-refractivity contribution in [3.63, 3.8) is 0 Å². The Morgan fingerprint density at radius 2 is 2.15 bits per heavy atom. The van der Waals surface area contributed by atoms with Gasteiger partial charge in [-0.25, -0.2) is 4.39 Å². The molecule has 146 valence electrons. The van der Waals surface area contributed by atoms with E-state index in [0.717, 1.165) is 57.2 Å². The van der Waals surface area contributed by atoms with E-state index in [0.29, 0.717) is 5.92 Å². The molecule has 1 aromatic carbocycles. The Bertz CT molecular complexity index is 604. The number of rotatable bonds is 3. The highest BCUT2D eigenvalue weighted by molar-refractivity contribution is 14.0. The fraction of sp³-hybridized carbons (Fsp3) is 0.650. The molecule has 0 amide bonds. The van der Waals surface area contributed by atoms with E-state index in [1.54, 1.807) is 6.07 Å². The second-order valence-electron chi connectivity index (χ2n) is 7.50. The van der Waals surface area contributed by atoms with Crippen molar-refractivity contribution >= 4 is 29.9 Å². The molecule has 2 fully saturated rings. The Kier molecular flexibility index (Phi) is 8.13. The fourth-order valence-electron chi connectivity index (χ4n) is 4.11. The van der Waals surface area contributed by atoms with Gasteiger partial charge in [-0.15, -0.1) is 24.0 Å². The average Bonchev–Trinajstić information content (AvgIpc) is 2.63. The van der Waals surface area contributed by atoms with Gasteiger partial charge >= 0.3 is 0 Å². The zero-order chi connectivity index (χ0) is 17.7. The third kappa shape index (κ3) is 5.09. The van der Waals surface area contributed by atoms with Crippen molar-refractivity contribution in [2.24, 2.45) is 10.9 Å². The van der Waals surface area contributed by atoms with Crippen LogP contribution in [0.1, 0.15) is 38.2 Å². The standard InChI is InChI=1S/C20H30FN3O.HI/c1-16-5-4-10-24(14-16)19(22-2)23-15-20(8-11-25-12-9-20)17-6-3-7-18(21)13-17;/h3,6-7,13,16H,4-5,8-12,14-15H2,1-2H3,(H,22,23);1H. The Morgan fingerprint density at radius 1 is 1.38 bits per heavy atom. The van der Waals surface area contributed by atoms with E-state index < -0.39 is 0 Å². The molecule has 2 aliphatic heterocycles. The summed E-state index contributed by atoms with van der Waals surface area (Å²) < 4.78 is 19.4. The predicted molar refractivity (Wildman–Crippen MR) is 115 cm³/mol. The van der Waals surface area contributed by atoms with Crippen LogP contribution in [0.25, 0.3) is 0 Å². The number of piperidine rings is 1. The third-order valence-electron chi connectivity index (χ3n) is 5.64. The number of hydrogen-bond acceptors (Lipinski definition) is 2. The summed E-state index contributed by atoms with van der Waals surface area (Å²) >= 11 is 0. The van der Waals surface area contributed by atoms with Crippen molar-refractivity contribution in [1.82, 2.24) is 10.2 Å². The highest BCUT2D eigenvalue weighted by Crippen LogP contribution is 2.34. The number of guanidine groups is 1. The normalized spacial score (nSPS) is 23.3. The van der Waals surface area contributed by atoms with Crippen molar-refractivity contribution in [3.05, 3.63) is 35.6 Å². The molecule has 1 aromatic rings. The lowest BCUT2D eigenvalue weighted by Gasteiger charge is -2.40. The van der Waals surface area contributed by atoms with Crippen LogP contribution in [-0.2, 0) is 10.2 Å². The molecule has 2 heterocycles. The summed E-state index contributed by atoms with van der Waals surface area (Å²) in [5.74, 6) is 1.50. The van der Waals surface area contributed by atoms with Gasteiger partial charge < -0.3 is 15.0 Å². The van der Waals surface area contributed by atoms with Crippen molar-refractivity contribution in [3.8, 4) is 0 Å². The van der Waals surface area contributed by atoms with E-state index in [9.17, 15) is 4.39 Å². The molecule has 0 aromatic heterocycles. The minimum Gasteiger partial charge on any atom is -0.381 e. The Balaban J connectivity index is 0.00000243. The van der Waals surface area contributed by atoms with Gasteiger partial charge in [-0.1, -0.05) is 19.1 Å². The van der Waals surface area contributed by atoms with Gasteiger partial charge in [-0.05, 0) is 49.3 Å². The highest BCUT2D eigenvalue weighted by atomic mass is 127. The van der Waals surface area contributed by atoms with E-state index >= 15 is 0 Å². The lowest BCUT2D eigenvalue weighted by atomic mass is 9.74. The number of likely N-dealkylation sites (tertiary alicyclic amines) is 1. The molecule has 0 aliphatic carbocycles. The summed E-state index contributed by atoms with van der Waals surface area (Å²) in [5.41, 5.74) is 0.961. The predicted octanol–water partition coefficient (Wildman–Crippen LogP) is 3.80. The molecule has 3 rings (SSSR count). The molecule has 6 heteroatoms. The van der Waals surface area contributed by atoms with Crippen LogP contribution < -0.4 is 5.32 Å². The van der Waals surface area contributed by atoms with Gasteiger partial charge in [0.05, 0.1) is 0 Å². The van der Waals surface area contributed by atoms with E-state index in [2.05, 4.69) is 22.1 Å². The molecule has 1 unspecified atom stereocenters. The minimum atomic E-state index is -0.169. The fourth-order valence-corrected chi connectivity index (χ4v) is 4.11. The summed E-state index contributed by atoms with van der Waals surface area (Å²) in [7, 11) is 1.85. The number of hydrogen-bond donors (Lipinski definition) is 1. The summed E-state index contributed by atoms with van der Waals surface area (Å²) in [6.45, 7) is 6.61. The summed E-state index contributed by atoms with van der Waals surface area (Å²) in [6, 6.07) is 7.04. The minimum absolute atomic E-state index is 0. The first-order valence-electron chi connectivity index (χ1n) is 9.42. The van der Waals surface area contributed by atoms with Crippen molar-refractivity contribution in [2.75, 3.05) is 39.9 Å². The molecule has 0 spiro atoms. The first kappa shape index (κ1) is 21.4. The molecular formula is C20H31FIN3O. The van der Waals surface area contributed by atoms with Crippen molar-refractivity contribution < 1.29 is 9.13 Å². The van der Waals surface area contributed by atoms with Crippen molar-refractivity contribution in [2.45, 2.75) is 38.0 Å². The van der Waals surface area contributed by atoms with Gasteiger partial charge in [0.25, 0.3) is 0 Å². The summed E-state index contributed by atoms with van der Waals surface area (Å²) in [4.78, 5) is 6.85. The van der Waals surface area contributed by atoms with Crippen LogP contribution in [0.2, 0.25) is 0 Å². The Morgan fingerprint density at radius 3 is 2.81 bits per heavy atom. The van der Waals surface area contributed by atoms with Gasteiger partial charge in [0.1, 0.15) is 5.82 Å². The zero-order valence-electron chi connectivity index (χ0n) is 15.8. The molecule has 1 N–H and O–H groups in total. The lowest BCUT2D eigenvalue weighted by molar-refractivity contribution is 0.0510. The van der Waals surface area contributed by atoms with Crippen LogP contribution in [0.15, 0.2) is 29.3 Å². The van der Waals surface area contributed by atoms with Crippen LogP contribution in [0.4, 0.5) is 4.39 Å². The second kappa shape index (κ2) is 9.88. The van der Waals surface area contributed by atoms with Crippen LogP contribution in [0.3, 0.4) is 0 Å². The summed E-state index contributed by atoms with van der Waals surface area (Å²) in [6.07, 6.45) is 4.30. The monoisotopic (exact) mass is 475 g/mol. The number of aliphatic imine (C=N–C) groups is 1. The largest absolute Gasteiger partial charge is 0.381 e. The number of benzene rings is 1. The lowest BCUT2D eigenvalue weighted by Crippen LogP contribution is -2.51. The molecule has 26 heavy (non-hydrogen) atoms. The molecule has 0 bridgehead atoms. The van der Waals surface area contributed by atoms with Gasteiger partial charge in [0.2, 0.25) is 0 Å². The number of nitrogens with zero attached hydrogens (tertiary/aromatic N) is 2. The van der Waals surface area contributed by atoms with E-state index in [1.807, 2.05) is 19.2 Å². The van der Waals surface area contributed by atoms with Crippen LogP contribution >= 0.6 is 24.0 Å². The van der Waals surface area contributed by atoms with E-state index in [1.165, 1.54) is 18.9 Å². The molecule has 4 nitrogen and oxygen atoms in total. The van der Waals surface area contributed by atoms with Crippen LogP contribution in [0, 0.1) is 11.7 Å². The molecule has 0 radical (unpaired) electrons. The summed E-state index contributed by atoms with van der Waals surface area (Å²) in [5, 5.41) is 3.59. The number of nitrogens with one attached hydrogen (secondary N) is 1. The first-order chi connectivity index (χ1) is 12.1. The maximum Gasteiger partial charge on any atom is 0.193 e. The second-order valence-corrected chi connectivity index (χ2v) is 7.50. The Hall–Kier alpha value is -0.890. The number of halogens is 2. The molecule has 0 saturated carbocycles. The van der Waals surface area contributed by atoms with Crippen molar-refractivity contribution in [1.29, 1.82) is 0 Å². The van der Waals surface area contributed by atoms with E-state index in [-0.39, 0.29) is 35.2 Å². The Labute approximate surface area is 173 Å². The average molecular weight is 475 g/mol. The van der Waals surface area contributed by atoms with Gasteiger partial charge in [0, 0.05) is 45.3 Å². The molecule has 1 atom stereocenters. The SMILES string of the molecule is CN=C(NCC1(c2cccc(F)c2)CCOCC1)N1CCCC(C)C1.I. The zero-order valence-corrected chi connectivity index (χ0v) is 18.2. The van der Waals surface area contributed by atoms with E-state index in [4.69, 9.17) is 4.74 Å². The van der Waals surface area contributed by atoms with Crippen LogP contribution in [0.5, 0.6) is 0 Å². The molecular weight excluding hydrogens is 444 g/mol. The van der Waals surface area contributed by atoms with Crippen LogP contribution in [-0.4, -0.2) is 50.8 Å². The third-order valence-corrected chi connectivity index (χ3v) is 5.64. The highest BCUT2D eigenvalue weighted by Gasteiger charge is 2.35. The smallest absolute Gasteiger partial charge is 0.193 e. The van der Waals surface area contributed by atoms with Gasteiger partial charge in [0.15, 0.2) is 5.96 Å². The van der Waals surface area contributed by atoms with Gasteiger partial charge in [-0.3, -0.25) is 4.99 Å². The topological polar surface area (TPSA) is 36.9 Å². The van der Waals surface area contributed by atoms with Gasteiger partial charge in [-0.2, -0.15) is 0 Å². The maximum absolute atomic E-state index is 13.8. The molecule has 2 aliphatic rings. The molecule has 2 saturated heterocycles. The maximum atomic E-state index is 13.8.